The number of aromatic nitrogens is 3. The predicted molar refractivity (Wildman–Crippen MR) is 89.5 cm³/mol. The topological polar surface area (TPSA) is 116 Å². The van der Waals surface area contributed by atoms with E-state index in [0.29, 0.717) is 24.7 Å². The number of rotatable bonds is 3. The molecule has 23 heavy (non-hydrogen) atoms. The molecule has 3 aromatic rings. The molecular weight excluding hydrogens is 292 g/mol. The molecule has 0 radical (unpaired) electrons. The molecule has 116 valence electrons. The highest BCUT2D eigenvalue weighted by Gasteiger charge is 2.22. The van der Waals surface area contributed by atoms with Crippen molar-refractivity contribution in [3.8, 4) is 0 Å². The zero-order chi connectivity index (χ0) is 16.0. The third kappa shape index (κ3) is 2.13. The quantitative estimate of drug-likeness (QED) is 0.635. The van der Waals surface area contributed by atoms with E-state index in [1.165, 1.54) is 12.3 Å². The monoisotopic (exact) mass is 308 g/mol. The molecule has 7 heteroatoms. The van der Waals surface area contributed by atoms with Gasteiger partial charge in [0.2, 0.25) is 0 Å². The van der Waals surface area contributed by atoms with Crippen molar-refractivity contribution < 1.29 is 4.74 Å². The van der Waals surface area contributed by atoms with Crippen LogP contribution >= 0.6 is 0 Å². The van der Waals surface area contributed by atoms with Crippen LogP contribution < -0.4 is 11.5 Å². The Morgan fingerprint density at radius 2 is 2.17 bits per heavy atom. The van der Waals surface area contributed by atoms with Gasteiger partial charge in [0.05, 0.1) is 35.9 Å². The van der Waals surface area contributed by atoms with Crippen LogP contribution in [0.15, 0.2) is 36.7 Å². The van der Waals surface area contributed by atoms with E-state index in [-0.39, 0.29) is 6.04 Å². The molecule has 1 aromatic carbocycles. The van der Waals surface area contributed by atoms with Gasteiger partial charge in [-0.3, -0.25) is 4.68 Å². The number of hydrogen-bond donors (Lipinski definition) is 3. The average molecular weight is 308 g/mol. The summed E-state index contributed by atoms with van der Waals surface area (Å²) in [6.45, 7) is 1.35. The minimum atomic E-state index is 0.263. The van der Waals surface area contributed by atoms with Gasteiger partial charge in [-0.05, 0) is 24.4 Å². The van der Waals surface area contributed by atoms with Gasteiger partial charge < -0.3 is 21.6 Å². The van der Waals surface area contributed by atoms with Gasteiger partial charge in [-0.15, -0.1) is 0 Å². The Bertz CT molecular complexity index is 954. The Kier molecular flexibility index (Phi) is 3.02. The standard InChI is InChI=1S/C16H16N6O/c17-4-3-13(18)9-1-2-11-14(5-9)20-16(19)12-6-22(21-15(11)12)10-7-23-8-10/h1-6,10,18H,7-8,17H2,(H2,19,20)/b4-3-,18-13?. The summed E-state index contributed by atoms with van der Waals surface area (Å²) >= 11 is 0. The molecule has 1 aliphatic rings. The van der Waals surface area contributed by atoms with Crippen LogP contribution in [0.1, 0.15) is 11.6 Å². The van der Waals surface area contributed by atoms with Crippen LogP contribution in [0.3, 0.4) is 0 Å². The fraction of sp³-hybridized carbons (Fsp3) is 0.188. The van der Waals surface area contributed by atoms with E-state index in [2.05, 4.69) is 10.1 Å². The maximum Gasteiger partial charge on any atom is 0.135 e. The Labute approximate surface area is 132 Å². The molecule has 1 aliphatic heterocycles. The summed E-state index contributed by atoms with van der Waals surface area (Å²) in [7, 11) is 0. The smallest absolute Gasteiger partial charge is 0.135 e. The van der Waals surface area contributed by atoms with Crippen molar-refractivity contribution in [1.29, 1.82) is 5.41 Å². The largest absolute Gasteiger partial charge is 0.405 e. The third-order valence-electron chi connectivity index (χ3n) is 4.07. The van der Waals surface area contributed by atoms with E-state index in [4.69, 9.17) is 21.6 Å². The van der Waals surface area contributed by atoms with Gasteiger partial charge >= 0.3 is 0 Å². The number of ether oxygens (including phenoxy) is 1. The second kappa shape index (κ2) is 5.06. The van der Waals surface area contributed by atoms with Crippen LogP contribution in [0.5, 0.6) is 0 Å². The van der Waals surface area contributed by atoms with E-state index < -0.39 is 0 Å². The molecule has 0 unspecified atom stereocenters. The molecule has 5 N–H and O–H groups in total. The van der Waals surface area contributed by atoms with E-state index in [9.17, 15) is 0 Å². The van der Waals surface area contributed by atoms with Gasteiger partial charge in [0.25, 0.3) is 0 Å². The van der Waals surface area contributed by atoms with Crippen LogP contribution in [0.2, 0.25) is 0 Å². The van der Waals surface area contributed by atoms with Crippen molar-refractivity contribution in [3.05, 3.63) is 42.2 Å². The first-order chi connectivity index (χ1) is 11.2. The number of fused-ring (bicyclic) bond motifs is 3. The van der Waals surface area contributed by atoms with Crippen LogP contribution in [-0.4, -0.2) is 33.7 Å². The molecule has 0 bridgehead atoms. The lowest BCUT2D eigenvalue weighted by Crippen LogP contribution is -2.30. The molecule has 7 nitrogen and oxygen atoms in total. The molecule has 1 saturated heterocycles. The minimum Gasteiger partial charge on any atom is -0.405 e. The Hall–Kier alpha value is -2.93. The molecule has 0 aliphatic carbocycles. The fourth-order valence-corrected chi connectivity index (χ4v) is 2.72. The molecule has 3 heterocycles. The van der Waals surface area contributed by atoms with Crippen molar-refractivity contribution in [2.45, 2.75) is 6.04 Å². The van der Waals surface area contributed by atoms with Crippen LogP contribution in [0.4, 0.5) is 5.82 Å². The zero-order valence-electron chi connectivity index (χ0n) is 12.4. The molecular formula is C16H16N6O. The van der Waals surface area contributed by atoms with Crippen molar-refractivity contribution in [1.82, 2.24) is 14.8 Å². The first-order valence-electron chi connectivity index (χ1n) is 7.30. The lowest BCUT2D eigenvalue weighted by atomic mass is 10.1. The molecule has 1 fully saturated rings. The van der Waals surface area contributed by atoms with Gasteiger partial charge in [-0.1, -0.05) is 6.07 Å². The second-order valence-corrected chi connectivity index (χ2v) is 5.56. The van der Waals surface area contributed by atoms with E-state index in [1.807, 2.05) is 29.1 Å². The van der Waals surface area contributed by atoms with E-state index in [1.54, 1.807) is 0 Å². The first-order valence-corrected chi connectivity index (χ1v) is 7.30. The maximum absolute atomic E-state index is 7.96. The summed E-state index contributed by atoms with van der Waals surface area (Å²) in [6, 6.07) is 5.89. The molecule has 0 amide bonds. The average Bonchev–Trinajstić information content (AvgIpc) is 2.90. The van der Waals surface area contributed by atoms with Crippen LogP contribution in [0, 0.1) is 5.41 Å². The van der Waals surface area contributed by atoms with Gasteiger partial charge in [-0.25, -0.2) is 4.98 Å². The normalized spacial score (nSPS) is 15.5. The number of nitrogens with one attached hydrogen (secondary N) is 1. The van der Waals surface area contributed by atoms with Crippen LogP contribution in [0.25, 0.3) is 21.8 Å². The molecule has 0 atom stereocenters. The SMILES string of the molecule is N=C(/C=C\N)c1ccc2c(c1)nc(N)c1cn(C3COC3)nc12. The van der Waals surface area contributed by atoms with Crippen molar-refractivity contribution >= 4 is 33.3 Å². The number of hydrogen-bond acceptors (Lipinski definition) is 6. The summed E-state index contributed by atoms with van der Waals surface area (Å²) in [4.78, 5) is 4.46. The van der Waals surface area contributed by atoms with Crippen molar-refractivity contribution in [2.75, 3.05) is 18.9 Å². The minimum absolute atomic E-state index is 0.263. The lowest BCUT2D eigenvalue weighted by molar-refractivity contribution is -0.0283. The molecule has 0 saturated carbocycles. The molecule has 0 spiro atoms. The van der Waals surface area contributed by atoms with E-state index in [0.717, 1.165) is 27.4 Å². The number of allylic oxidation sites excluding steroid dienone is 1. The number of anilines is 1. The van der Waals surface area contributed by atoms with Gasteiger partial charge in [0, 0.05) is 17.1 Å². The van der Waals surface area contributed by atoms with Crippen LogP contribution in [-0.2, 0) is 4.74 Å². The highest BCUT2D eigenvalue weighted by molar-refractivity contribution is 6.12. The predicted octanol–water partition coefficient (Wildman–Crippen LogP) is 1.58. The number of nitrogens with zero attached hydrogens (tertiary/aromatic N) is 3. The number of nitrogens with two attached hydrogens (primary N) is 2. The van der Waals surface area contributed by atoms with Crippen molar-refractivity contribution in [3.63, 3.8) is 0 Å². The second-order valence-electron chi connectivity index (χ2n) is 5.56. The van der Waals surface area contributed by atoms with Crippen molar-refractivity contribution in [2.24, 2.45) is 5.73 Å². The fourth-order valence-electron chi connectivity index (χ4n) is 2.72. The van der Waals surface area contributed by atoms with Gasteiger partial charge in [-0.2, -0.15) is 5.10 Å². The number of pyridine rings is 1. The summed E-state index contributed by atoms with van der Waals surface area (Å²) in [5.41, 5.74) is 14.0. The Balaban J connectivity index is 1.90. The van der Waals surface area contributed by atoms with Gasteiger partial charge in [0.15, 0.2) is 0 Å². The number of benzene rings is 1. The Morgan fingerprint density at radius 3 is 2.87 bits per heavy atom. The molecule has 2 aromatic heterocycles. The number of nitrogen functional groups attached to an aromatic ring is 1. The summed E-state index contributed by atoms with van der Waals surface area (Å²) in [5.74, 6) is 0.442. The summed E-state index contributed by atoms with van der Waals surface area (Å²) in [5, 5.41) is 14.4. The zero-order valence-corrected chi connectivity index (χ0v) is 12.4. The first kappa shape index (κ1) is 13.7. The lowest BCUT2D eigenvalue weighted by Gasteiger charge is -2.25. The Morgan fingerprint density at radius 1 is 1.35 bits per heavy atom. The maximum atomic E-state index is 7.96. The van der Waals surface area contributed by atoms with Gasteiger partial charge in [0.1, 0.15) is 11.3 Å². The third-order valence-corrected chi connectivity index (χ3v) is 4.07. The highest BCUT2D eigenvalue weighted by Crippen LogP contribution is 2.29. The highest BCUT2D eigenvalue weighted by atomic mass is 16.5. The molecule has 4 rings (SSSR count). The summed E-state index contributed by atoms with van der Waals surface area (Å²) < 4.78 is 7.12. The van der Waals surface area contributed by atoms with E-state index >= 15 is 0 Å². The summed E-state index contributed by atoms with van der Waals surface area (Å²) in [6.07, 6.45) is 4.81.